The second-order valence-electron chi connectivity index (χ2n) is 4.96. The Morgan fingerprint density at radius 1 is 1.25 bits per heavy atom. The lowest BCUT2D eigenvalue weighted by atomic mass is 10.0. The highest BCUT2D eigenvalue weighted by Gasteiger charge is 2.46. The number of benzene rings is 1. The minimum atomic E-state index is -5.29. The normalized spacial score (nSPS) is 23.8. The SMILES string of the molecule is CC1(Nc2ccc(S(=O)(=O)C(F)(F)F)cc2)CCOC1. The number of sulfone groups is 1. The zero-order chi connectivity index (χ0) is 15.0. The van der Waals surface area contributed by atoms with Gasteiger partial charge in [-0.3, -0.25) is 0 Å². The molecule has 1 N–H and O–H groups in total. The van der Waals surface area contributed by atoms with Gasteiger partial charge in [-0.2, -0.15) is 13.2 Å². The number of ether oxygens (including phenoxy) is 1. The van der Waals surface area contributed by atoms with Crippen molar-refractivity contribution >= 4 is 15.5 Å². The summed E-state index contributed by atoms with van der Waals surface area (Å²) < 4.78 is 64.8. The van der Waals surface area contributed by atoms with Gasteiger partial charge in [0.1, 0.15) is 0 Å². The summed E-state index contributed by atoms with van der Waals surface area (Å²) in [6, 6.07) is 4.54. The molecule has 0 aliphatic carbocycles. The van der Waals surface area contributed by atoms with Crippen LogP contribution in [-0.4, -0.2) is 32.7 Å². The van der Waals surface area contributed by atoms with Gasteiger partial charge in [-0.15, -0.1) is 0 Å². The molecule has 20 heavy (non-hydrogen) atoms. The number of anilines is 1. The minimum Gasteiger partial charge on any atom is -0.379 e. The second kappa shape index (κ2) is 4.92. The number of halogens is 3. The van der Waals surface area contributed by atoms with Gasteiger partial charge in [-0.05, 0) is 37.6 Å². The van der Waals surface area contributed by atoms with Crippen LogP contribution in [0.2, 0.25) is 0 Å². The zero-order valence-corrected chi connectivity index (χ0v) is 11.5. The molecule has 1 fully saturated rings. The summed E-state index contributed by atoms with van der Waals surface area (Å²) >= 11 is 0. The summed E-state index contributed by atoms with van der Waals surface area (Å²) in [4.78, 5) is -0.761. The Morgan fingerprint density at radius 2 is 1.85 bits per heavy atom. The molecule has 1 aliphatic heterocycles. The van der Waals surface area contributed by atoms with Gasteiger partial charge < -0.3 is 10.1 Å². The van der Waals surface area contributed by atoms with E-state index >= 15 is 0 Å². The molecule has 4 nitrogen and oxygen atoms in total. The van der Waals surface area contributed by atoms with Crippen LogP contribution in [0.1, 0.15) is 13.3 Å². The Morgan fingerprint density at radius 3 is 2.30 bits per heavy atom. The van der Waals surface area contributed by atoms with Crippen LogP contribution in [0.5, 0.6) is 0 Å². The predicted octanol–water partition coefficient (Wildman–Crippen LogP) is 2.57. The van der Waals surface area contributed by atoms with E-state index in [1.54, 1.807) is 0 Å². The van der Waals surface area contributed by atoms with Crippen molar-refractivity contribution in [1.29, 1.82) is 0 Å². The van der Waals surface area contributed by atoms with E-state index in [1.165, 1.54) is 12.1 Å². The van der Waals surface area contributed by atoms with E-state index in [1.807, 2.05) is 6.92 Å². The molecule has 1 aromatic rings. The fourth-order valence-corrected chi connectivity index (χ4v) is 2.73. The topological polar surface area (TPSA) is 55.4 Å². The van der Waals surface area contributed by atoms with E-state index in [2.05, 4.69) is 5.32 Å². The number of hydrogen-bond donors (Lipinski definition) is 1. The molecule has 1 unspecified atom stereocenters. The molecule has 0 bridgehead atoms. The molecule has 1 atom stereocenters. The van der Waals surface area contributed by atoms with Gasteiger partial charge in [-0.25, -0.2) is 8.42 Å². The Hall–Kier alpha value is -1.28. The van der Waals surface area contributed by atoms with Crippen LogP contribution in [0.25, 0.3) is 0 Å². The first-order chi connectivity index (χ1) is 9.14. The van der Waals surface area contributed by atoms with Crippen molar-refractivity contribution in [2.24, 2.45) is 0 Å². The summed E-state index contributed by atoms with van der Waals surface area (Å²) in [5, 5.41) is 3.13. The third-order valence-corrected chi connectivity index (χ3v) is 4.64. The first-order valence-corrected chi connectivity index (χ1v) is 7.40. The van der Waals surface area contributed by atoms with Gasteiger partial charge in [0, 0.05) is 12.3 Å². The van der Waals surface area contributed by atoms with Crippen LogP contribution in [0.3, 0.4) is 0 Å². The van der Waals surface area contributed by atoms with E-state index in [4.69, 9.17) is 4.74 Å². The lowest BCUT2D eigenvalue weighted by molar-refractivity contribution is -0.0436. The summed E-state index contributed by atoms with van der Waals surface area (Å²) in [5.74, 6) is 0. The lowest BCUT2D eigenvalue weighted by Gasteiger charge is -2.25. The summed E-state index contributed by atoms with van der Waals surface area (Å²) in [5.41, 5.74) is -5.02. The molecule has 0 saturated carbocycles. The maximum absolute atomic E-state index is 12.4. The van der Waals surface area contributed by atoms with Gasteiger partial charge in [-0.1, -0.05) is 0 Å². The summed E-state index contributed by atoms with van der Waals surface area (Å²) in [6.45, 7) is 3.04. The van der Waals surface area contributed by atoms with Crippen molar-refractivity contribution in [3.63, 3.8) is 0 Å². The molecule has 1 aromatic carbocycles. The minimum absolute atomic E-state index is 0.287. The van der Waals surface area contributed by atoms with Gasteiger partial charge in [0.15, 0.2) is 0 Å². The molecule has 0 spiro atoms. The van der Waals surface area contributed by atoms with Crippen LogP contribution in [0.4, 0.5) is 18.9 Å². The lowest BCUT2D eigenvalue weighted by Crippen LogP contribution is -2.34. The molecule has 1 saturated heterocycles. The Kier molecular flexibility index (Phi) is 3.72. The van der Waals surface area contributed by atoms with Crippen LogP contribution >= 0.6 is 0 Å². The molecular weight excluding hydrogens is 295 g/mol. The van der Waals surface area contributed by atoms with Crippen LogP contribution in [0.15, 0.2) is 29.2 Å². The van der Waals surface area contributed by atoms with Crippen molar-refractivity contribution in [3.8, 4) is 0 Å². The van der Waals surface area contributed by atoms with Crippen molar-refractivity contribution in [1.82, 2.24) is 0 Å². The van der Waals surface area contributed by atoms with Crippen molar-refractivity contribution in [2.75, 3.05) is 18.5 Å². The Bertz CT molecular complexity index is 575. The Balaban J connectivity index is 2.19. The standard InChI is InChI=1S/C12H14F3NO3S/c1-11(6-7-19-8-11)16-9-2-4-10(5-3-9)20(17,18)12(13,14)15/h2-5,16H,6-8H2,1H3. The van der Waals surface area contributed by atoms with Gasteiger partial charge in [0.2, 0.25) is 0 Å². The monoisotopic (exact) mass is 309 g/mol. The maximum atomic E-state index is 12.4. The average molecular weight is 309 g/mol. The smallest absolute Gasteiger partial charge is 0.379 e. The van der Waals surface area contributed by atoms with Crippen LogP contribution in [-0.2, 0) is 14.6 Å². The third-order valence-electron chi connectivity index (χ3n) is 3.13. The van der Waals surface area contributed by atoms with Gasteiger partial charge in [0.25, 0.3) is 9.84 Å². The van der Waals surface area contributed by atoms with Crippen molar-refractivity contribution in [3.05, 3.63) is 24.3 Å². The molecule has 1 aliphatic rings. The molecule has 8 heteroatoms. The number of alkyl halides is 3. The highest BCUT2D eigenvalue weighted by Crippen LogP contribution is 2.31. The Labute approximate surface area is 114 Å². The first kappa shape index (κ1) is 15.1. The molecular formula is C12H14F3NO3S. The fraction of sp³-hybridized carbons (Fsp3) is 0.500. The highest BCUT2D eigenvalue weighted by molar-refractivity contribution is 7.92. The van der Waals surface area contributed by atoms with E-state index in [0.29, 0.717) is 18.9 Å². The third kappa shape index (κ3) is 2.90. The molecule has 112 valence electrons. The molecule has 0 aromatic heterocycles. The average Bonchev–Trinajstić information content (AvgIpc) is 2.75. The molecule has 2 rings (SSSR count). The van der Waals surface area contributed by atoms with Crippen molar-refractivity contribution < 1.29 is 26.3 Å². The zero-order valence-electron chi connectivity index (χ0n) is 10.7. The predicted molar refractivity (Wildman–Crippen MR) is 67.1 cm³/mol. The number of nitrogens with one attached hydrogen (secondary N) is 1. The van der Waals surface area contributed by atoms with E-state index in [9.17, 15) is 21.6 Å². The quantitative estimate of drug-likeness (QED) is 0.932. The van der Waals surface area contributed by atoms with E-state index < -0.39 is 20.2 Å². The van der Waals surface area contributed by atoms with Crippen LogP contribution < -0.4 is 5.32 Å². The summed E-state index contributed by atoms with van der Waals surface area (Å²) in [7, 11) is -5.29. The maximum Gasteiger partial charge on any atom is 0.501 e. The largest absolute Gasteiger partial charge is 0.501 e. The molecule has 1 heterocycles. The summed E-state index contributed by atoms with van der Waals surface area (Å²) in [6.07, 6.45) is 0.773. The number of hydrogen-bond acceptors (Lipinski definition) is 4. The van der Waals surface area contributed by atoms with Crippen molar-refractivity contribution in [2.45, 2.75) is 29.3 Å². The highest BCUT2D eigenvalue weighted by atomic mass is 32.2. The van der Waals surface area contributed by atoms with Gasteiger partial charge >= 0.3 is 5.51 Å². The van der Waals surface area contributed by atoms with Crippen LogP contribution in [0, 0.1) is 0 Å². The second-order valence-corrected chi connectivity index (χ2v) is 6.90. The first-order valence-electron chi connectivity index (χ1n) is 5.91. The van der Waals surface area contributed by atoms with Gasteiger partial charge in [0.05, 0.1) is 17.0 Å². The number of rotatable bonds is 3. The molecule has 0 radical (unpaired) electrons. The van der Waals surface area contributed by atoms with E-state index in [-0.39, 0.29) is 5.54 Å². The molecule has 0 amide bonds. The van der Waals surface area contributed by atoms with E-state index in [0.717, 1.165) is 18.6 Å². The fourth-order valence-electron chi connectivity index (χ4n) is 1.97.